The fourth-order valence-corrected chi connectivity index (χ4v) is 9.53. The monoisotopic (exact) mass is 1110 g/mol. The molecule has 9 aromatic carbocycles. The van der Waals surface area contributed by atoms with Gasteiger partial charge in [-0.25, -0.2) is 4.39 Å². The summed E-state index contributed by atoms with van der Waals surface area (Å²) < 4.78 is 74.1. The van der Waals surface area contributed by atoms with Crippen LogP contribution in [-0.2, 0) is 43.6 Å². The molecule has 422 valence electrons. The Labute approximate surface area is 486 Å². The zero-order valence-electron chi connectivity index (χ0n) is 48.0. The van der Waals surface area contributed by atoms with E-state index >= 15 is 0 Å². The highest BCUT2D eigenvalue weighted by Crippen LogP contribution is 2.35. The summed E-state index contributed by atoms with van der Waals surface area (Å²) in [6.07, 6.45) is 4.41. The first-order valence-corrected chi connectivity index (χ1v) is 28.2. The van der Waals surface area contributed by atoms with Gasteiger partial charge in [0.2, 0.25) is 0 Å². The van der Waals surface area contributed by atoms with Crippen molar-refractivity contribution in [2.75, 3.05) is 0 Å². The van der Waals surface area contributed by atoms with Crippen LogP contribution in [0.3, 0.4) is 0 Å². The smallest absolute Gasteiger partial charge is 0.307 e. The lowest BCUT2D eigenvalue weighted by Crippen LogP contribution is -2.02. The highest BCUT2D eigenvalue weighted by molar-refractivity contribution is 5.93. The molecule has 1 aromatic heterocycles. The highest BCUT2D eigenvalue weighted by atomic mass is 19.3. The zero-order valence-corrected chi connectivity index (χ0v) is 48.0. The number of benzene rings is 9. The van der Waals surface area contributed by atoms with Crippen LogP contribution in [0.25, 0.3) is 56.0 Å². The minimum absolute atomic E-state index is 0.327. The van der Waals surface area contributed by atoms with Crippen molar-refractivity contribution in [1.82, 2.24) is 4.57 Å². The molecule has 0 spiro atoms. The molecule has 0 amide bonds. The molecule has 10 aromatic rings. The van der Waals surface area contributed by atoms with Gasteiger partial charge in [-0.05, 0) is 145 Å². The third-order valence-electron chi connectivity index (χ3n) is 14.4. The van der Waals surface area contributed by atoms with E-state index in [4.69, 9.17) is 9.47 Å². The van der Waals surface area contributed by atoms with Crippen molar-refractivity contribution in [3.8, 4) is 44.8 Å². The van der Waals surface area contributed by atoms with Crippen molar-refractivity contribution in [3.05, 3.63) is 304 Å². The zero-order chi connectivity index (χ0) is 58.7. The van der Waals surface area contributed by atoms with Crippen LogP contribution in [0.1, 0.15) is 83.0 Å². The molecule has 0 atom stereocenters. The largest absolute Gasteiger partial charge is 0.456 e. The summed E-state index contributed by atoms with van der Waals surface area (Å²) in [7, 11) is 0. The first-order valence-electron chi connectivity index (χ1n) is 28.2. The quantitative estimate of drug-likeness (QED) is 0.0800. The van der Waals surface area contributed by atoms with Crippen LogP contribution in [0.15, 0.2) is 248 Å². The molecule has 0 N–H and O–H groups in total. The highest BCUT2D eigenvalue weighted by Gasteiger charge is 2.18. The molecule has 0 radical (unpaired) electrons. The summed E-state index contributed by atoms with van der Waals surface area (Å²) >= 11 is 0. The van der Waals surface area contributed by atoms with Gasteiger partial charge in [0.25, 0.3) is 0 Å². The molecule has 8 heteroatoms. The maximum absolute atomic E-state index is 12.5. The van der Waals surface area contributed by atoms with Gasteiger partial charge in [0.1, 0.15) is 5.75 Å². The topological polar surface area (TPSA) is 23.4 Å². The maximum atomic E-state index is 12.5. The average Bonchev–Trinajstić information content (AvgIpc) is 3.97. The van der Waals surface area contributed by atoms with Crippen LogP contribution >= 0.6 is 0 Å². The van der Waals surface area contributed by atoms with Crippen molar-refractivity contribution in [2.24, 2.45) is 0 Å². The standard InChI is InChI=1S/C25H21N.C24H22F2O2.C15H16.C11H11F3/c1-18-10-12-19(13-11-18)20-14-16-21(17-15-20)26-24-8-4-2-6-22(24)23-7-3-5-9-25(23)26;1-17-3-9-21(10-4-17)22-11-5-19(6-12-22)15-27-16-20-7-13-23(14-8-20)28-18(2)24(25)26;1-3-13-6-10-15(11-7-13)14-8-4-12(2)5-9-14;1-2-8-3-5-9(6-4-8)7-10(12)11(13)14/h2-4,6-8,10-17H,5,9H2,1H3;3-14H,15-16H2,1-2H3;4-11H,3H2,1-2H3;3-6H,2,7H2,1H3. The van der Waals surface area contributed by atoms with E-state index in [0.29, 0.717) is 24.5 Å². The van der Waals surface area contributed by atoms with Crippen LogP contribution in [0.2, 0.25) is 0 Å². The Morgan fingerprint density at radius 1 is 0.446 bits per heavy atom. The molecule has 0 bridgehead atoms. The van der Waals surface area contributed by atoms with Gasteiger partial charge < -0.3 is 14.0 Å². The molecular formula is C75H70F5NO2. The van der Waals surface area contributed by atoms with Crippen molar-refractivity contribution >= 4 is 17.0 Å². The molecule has 0 aliphatic heterocycles. The minimum atomic E-state index is -2.23. The number of ether oxygens (including phenoxy) is 2. The van der Waals surface area contributed by atoms with Crippen molar-refractivity contribution < 1.29 is 31.4 Å². The molecule has 0 saturated heterocycles. The Hall–Kier alpha value is -8.85. The second kappa shape index (κ2) is 29.7. The number of allylic oxidation sites excluding steroid dienone is 3. The Morgan fingerprint density at radius 3 is 1.29 bits per heavy atom. The van der Waals surface area contributed by atoms with Gasteiger partial charge in [0.15, 0.2) is 11.6 Å². The number of fused-ring (bicyclic) bond motifs is 3. The number of aromatic nitrogens is 1. The summed E-state index contributed by atoms with van der Waals surface area (Å²) in [5, 5.41) is 1.35. The van der Waals surface area contributed by atoms with Gasteiger partial charge in [0, 0.05) is 28.8 Å². The van der Waals surface area contributed by atoms with Crippen molar-refractivity contribution in [1.29, 1.82) is 0 Å². The number of hydrogen-bond donors (Lipinski definition) is 0. The van der Waals surface area contributed by atoms with E-state index in [2.05, 4.69) is 214 Å². The summed E-state index contributed by atoms with van der Waals surface area (Å²) in [5.41, 5.74) is 21.8. The van der Waals surface area contributed by atoms with Gasteiger partial charge in [-0.2, -0.15) is 17.6 Å². The summed E-state index contributed by atoms with van der Waals surface area (Å²) in [6.45, 7) is 12.7. The predicted molar refractivity (Wildman–Crippen MR) is 334 cm³/mol. The summed E-state index contributed by atoms with van der Waals surface area (Å²) in [5.74, 6) is -1.37. The number of hydrogen-bond acceptors (Lipinski definition) is 2. The van der Waals surface area contributed by atoms with Crippen LogP contribution in [0, 0.1) is 20.8 Å². The molecule has 83 heavy (non-hydrogen) atoms. The van der Waals surface area contributed by atoms with E-state index in [1.54, 1.807) is 36.4 Å². The minimum Gasteiger partial charge on any atom is -0.456 e. The Morgan fingerprint density at radius 2 is 0.843 bits per heavy atom. The third-order valence-corrected chi connectivity index (χ3v) is 14.4. The second-order valence-corrected chi connectivity index (χ2v) is 20.6. The molecule has 3 nitrogen and oxygen atoms in total. The van der Waals surface area contributed by atoms with Gasteiger partial charge >= 0.3 is 12.2 Å². The normalized spacial score (nSPS) is 11.2. The van der Waals surface area contributed by atoms with Gasteiger partial charge in [0.05, 0.1) is 18.7 Å². The van der Waals surface area contributed by atoms with Gasteiger partial charge in [-0.15, -0.1) is 0 Å². The van der Waals surface area contributed by atoms with Gasteiger partial charge in [-0.3, -0.25) is 0 Å². The number of aryl methyl sites for hydroxylation is 5. The van der Waals surface area contributed by atoms with E-state index in [9.17, 15) is 22.0 Å². The lowest BCUT2D eigenvalue weighted by atomic mass is 10.0. The lowest BCUT2D eigenvalue weighted by molar-refractivity contribution is 0.107. The van der Waals surface area contributed by atoms with E-state index in [-0.39, 0.29) is 6.42 Å². The number of para-hydroxylation sites is 1. The van der Waals surface area contributed by atoms with E-state index in [1.165, 1.54) is 90.4 Å². The Bertz CT molecular complexity index is 3740. The fraction of sp³-hybridized carbons (Fsp3) is 0.173. The number of nitrogens with zero attached hydrogens (tertiary/aromatic N) is 1. The van der Waals surface area contributed by atoms with Crippen molar-refractivity contribution in [3.63, 3.8) is 0 Å². The van der Waals surface area contributed by atoms with Crippen LogP contribution in [0.5, 0.6) is 5.75 Å². The van der Waals surface area contributed by atoms with Crippen molar-refractivity contribution in [2.45, 2.75) is 86.9 Å². The molecule has 1 aliphatic rings. The molecule has 1 heterocycles. The molecule has 1 aliphatic carbocycles. The number of halogens is 5. The van der Waals surface area contributed by atoms with E-state index < -0.39 is 23.7 Å². The van der Waals surface area contributed by atoms with Crippen LogP contribution in [-0.4, -0.2) is 4.57 Å². The fourth-order valence-electron chi connectivity index (χ4n) is 9.53. The maximum Gasteiger partial charge on any atom is 0.307 e. The summed E-state index contributed by atoms with van der Waals surface area (Å²) in [4.78, 5) is 0. The van der Waals surface area contributed by atoms with Gasteiger partial charge in [-0.1, -0.05) is 231 Å². The first kappa shape index (κ1) is 60.3. The molecule has 0 unspecified atom stereocenters. The first-order chi connectivity index (χ1) is 40.2. The Kier molecular flexibility index (Phi) is 21.6. The average molecular weight is 1110 g/mol. The molecule has 0 fully saturated rings. The molecule has 11 rings (SSSR count). The Balaban J connectivity index is 0.000000151. The van der Waals surface area contributed by atoms with Crippen LogP contribution < -0.4 is 4.74 Å². The third kappa shape index (κ3) is 17.1. The SMILES string of the molecule is CC(Oc1ccc(COCc2ccc(-c3ccc(C)cc3)cc2)cc1)=C(F)F.CCc1ccc(-c2ccc(C)cc2)cc1.CCc1ccc(CC(F)=C(F)F)cc1.Cc1ccc(-c2ccc(-n3c4c(c5ccccc53)C=CCC4)cc2)cc1. The predicted octanol–water partition coefficient (Wildman–Crippen LogP) is 21.5. The molecule has 0 saturated carbocycles. The van der Waals surface area contributed by atoms with Crippen LogP contribution in [0.4, 0.5) is 22.0 Å². The lowest BCUT2D eigenvalue weighted by Gasteiger charge is -2.14. The molecular weight excluding hydrogens is 1040 g/mol. The second-order valence-electron chi connectivity index (χ2n) is 20.6. The van der Waals surface area contributed by atoms with E-state index in [1.807, 2.05) is 19.1 Å². The number of rotatable bonds is 14. The van der Waals surface area contributed by atoms with E-state index in [0.717, 1.165) is 42.4 Å². The summed E-state index contributed by atoms with van der Waals surface area (Å²) in [6, 6.07) is 74.6.